The maximum Gasteiger partial charge on any atom is 0.209 e. The molecule has 0 unspecified atom stereocenters. The van der Waals surface area contributed by atoms with Gasteiger partial charge in [-0.2, -0.15) is 4.68 Å². The first-order valence-corrected chi connectivity index (χ1v) is 8.66. The van der Waals surface area contributed by atoms with Crippen LogP contribution in [-0.4, -0.2) is 35.0 Å². The molecule has 25 heavy (non-hydrogen) atoms. The largest absolute Gasteiger partial charge is 0.220 e. The Bertz CT molecular complexity index is 949. The second kappa shape index (κ2) is 6.86. The third-order valence-electron chi connectivity index (χ3n) is 3.63. The van der Waals surface area contributed by atoms with Crippen LogP contribution in [0.5, 0.6) is 0 Å². The molecule has 0 aliphatic rings. The number of hydrogen-bond acceptors (Lipinski definition) is 6. The molecule has 4 rings (SSSR count). The number of nitrogens with zero attached hydrogens (tertiary/aromatic N) is 7. The number of benzene rings is 2. The fourth-order valence-corrected chi connectivity index (χ4v) is 3.23. The normalized spacial score (nSPS) is 12.2. The lowest BCUT2D eigenvalue weighted by atomic mass is 10.3. The first kappa shape index (κ1) is 15.5. The van der Waals surface area contributed by atoms with Crippen molar-refractivity contribution in [2.24, 2.45) is 0 Å². The summed E-state index contributed by atoms with van der Waals surface area (Å²) in [6.07, 6.45) is 1.71. The van der Waals surface area contributed by atoms with E-state index in [0.717, 1.165) is 17.2 Å². The van der Waals surface area contributed by atoms with Crippen molar-refractivity contribution in [2.75, 3.05) is 0 Å². The van der Waals surface area contributed by atoms with Gasteiger partial charge in [0.25, 0.3) is 0 Å². The van der Waals surface area contributed by atoms with E-state index in [9.17, 15) is 0 Å². The van der Waals surface area contributed by atoms with Crippen LogP contribution in [0.4, 0.5) is 0 Å². The molecule has 0 fully saturated rings. The van der Waals surface area contributed by atoms with Crippen LogP contribution in [-0.2, 0) is 0 Å². The number of aromatic nitrogens is 7. The highest BCUT2D eigenvalue weighted by atomic mass is 32.2. The van der Waals surface area contributed by atoms with Crippen molar-refractivity contribution in [3.8, 4) is 11.4 Å². The smallest absolute Gasteiger partial charge is 0.209 e. The molecular formula is C17H15N7S. The highest BCUT2D eigenvalue weighted by Crippen LogP contribution is 2.32. The van der Waals surface area contributed by atoms with Gasteiger partial charge in [0, 0.05) is 0 Å². The van der Waals surface area contributed by atoms with E-state index in [2.05, 4.69) is 25.6 Å². The predicted octanol–water partition coefficient (Wildman–Crippen LogP) is 3.10. The Morgan fingerprint density at radius 2 is 1.60 bits per heavy atom. The van der Waals surface area contributed by atoms with Crippen LogP contribution >= 0.6 is 11.8 Å². The Balaban J connectivity index is 1.55. The van der Waals surface area contributed by atoms with Crippen molar-refractivity contribution in [1.29, 1.82) is 0 Å². The zero-order chi connectivity index (χ0) is 17.1. The molecule has 124 valence electrons. The van der Waals surface area contributed by atoms with E-state index in [1.807, 2.05) is 67.6 Å². The van der Waals surface area contributed by atoms with Gasteiger partial charge in [0.15, 0.2) is 5.82 Å². The topological polar surface area (TPSA) is 74.3 Å². The summed E-state index contributed by atoms with van der Waals surface area (Å²) in [5, 5.41) is 17.3. The Morgan fingerprint density at radius 3 is 2.32 bits per heavy atom. The van der Waals surface area contributed by atoms with Crippen molar-refractivity contribution in [1.82, 2.24) is 35.0 Å². The Kier molecular flexibility index (Phi) is 4.26. The molecule has 4 aromatic rings. The summed E-state index contributed by atoms with van der Waals surface area (Å²) in [6, 6.07) is 19.7. The third kappa shape index (κ3) is 3.29. The molecule has 0 spiro atoms. The van der Waals surface area contributed by atoms with E-state index in [0.29, 0.717) is 5.16 Å². The SMILES string of the molecule is C[C@@H](Sc1ncn(-c2ccccc2)n1)c1nnnn1-c1ccccc1. The number of para-hydroxylation sites is 2. The lowest BCUT2D eigenvalue weighted by Crippen LogP contribution is -2.05. The van der Waals surface area contributed by atoms with Gasteiger partial charge < -0.3 is 0 Å². The molecule has 8 heteroatoms. The molecule has 0 saturated heterocycles. The molecule has 2 aromatic heterocycles. The predicted molar refractivity (Wildman–Crippen MR) is 94.8 cm³/mol. The summed E-state index contributed by atoms with van der Waals surface area (Å²) in [5.41, 5.74) is 1.90. The van der Waals surface area contributed by atoms with Gasteiger partial charge in [0.2, 0.25) is 5.16 Å². The van der Waals surface area contributed by atoms with E-state index in [-0.39, 0.29) is 5.25 Å². The third-order valence-corrected chi connectivity index (χ3v) is 4.59. The number of tetrazole rings is 1. The van der Waals surface area contributed by atoms with Crippen molar-refractivity contribution < 1.29 is 0 Å². The molecular weight excluding hydrogens is 334 g/mol. The second-order valence-electron chi connectivity index (χ2n) is 5.35. The van der Waals surface area contributed by atoms with Gasteiger partial charge in [-0.25, -0.2) is 9.67 Å². The summed E-state index contributed by atoms with van der Waals surface area (Å²) in [6.45, 7) is 2.04. The molecule has 0 aliphatic heterocycles. The Hall–Kier alpha value is -3.00. The minimum atomic E-state index is 0.00169. The van der Waals surface area contributed by atoms with E-state index in [1.165, 1.54) is 11.8 Å². The number of hydrogen-bond donors (Lipinski definition) is 0. The van der Waals surface area contributed by atoms with E-state index in [4.69, 9.17) is 0 Å². The fourth-order valence-electron chi connectivity index (χ4n) is 2.42. The molecule has 7 nitrogen and oxygen atoms in total. The summed E-state index contributed by atoms with van der Waals surface area (Å²) in [5.74, 6) is 0.757. The molecule has 1 atom stereocenters. The second-order valence-corrected chi connectivity index (χ2v) is 6.66. The summed E-state index contributed by atoms with van der Waals surface area (Å²) >= 11 is 1.52. The highest BCUT2D eigenvalue weighted by molar-refractivity contribution is 7.99. The fraction of sp³-hybridized carbons (Fsp3) is 0.118. The standard InChI is InChI=1S/C17H15N7S/c1-13(16-19-21-22-24(16)15-10-6-3-7-11-15)25-17-18-12-23(20-17)14-8-4-2-5-9-14/h2-13H,1H3/t13-/m1/s1. The number of rotatable bonds is 5. The first-order chi connectivity index (χ1) is 12.3. The molecule has 0 amide bonds. The van der Waals surface area contributed by atoms with E-state index >= 15 is 0 Å². The summed E-state index contributed by atoms with van der Waals surface area (Å²) in [7, 11) is 0. The van der Waals surface area contributed by atoms with Crippen LogP contribution in [0.25, 0.3) is 11.4 Å². The Labute approximate surface area is 148 Å². The molecule has 0 aliphatic carbocycles. The van der Waals surface area contributed by atoms with Gasteiger partial charge in [-0.1, -0.05) is 48.2 Å². The molecule has 0 N–H and O–H groups in total. The van der Waals surface area contributed by atoms with Crippen LogP contribution in [0.3, 0.4) is 0 Å². The van der Waals surface area contributed by atoms with Gasteiger partial charge in [-0.05, 0) is 41.6 Å². The summed E-state index contributed by atoms with van der Waals surface area (Å²) < 4.78 is 3.50. The lowest BCUT2D eigenvalue weighted by Gasteiger charge is -2.09. The van der Waals surface area contributed by atoms with Gasteiger partial charge in [0.1, 0.15) is 6.33 Å². The minimum Gasteiger partial charge on any atom is -0.220 e. The maximum atomic E-state index is 4.52. The van der Waals surface area contributed by atoms with Crippen molar-refractivity contribution >= 4 is 11.8 Å². The van der Waals surface area contributed by atoms with E-state index < -0.39 is 0 Å². The minimum absolute atomic E-state index is 0.00169. The quantitative estimate of drug-likeness (QED) is 0.516. The zero-order valence-corrected chi connectivity index (χ0v) is 14.3. The van der Waals surface area contributed by atoms with Gasteiger partial charge in [0.05, 0.1) is 16.6 Å². The van der Waals surface area contributed by atoms with Gasteiger partial charge in [-0.15, -0.1) is 10.2 Å². The van der Waals surface area contributed by atoms with Crippen molar-refractivity contribution in [2.45, 2.75) is 17.3 Å². The first-order valence-electron chi connectivity index (χ1n) is 7.79. The monoisotopic (exact) mass is 349 g/mol. The van der Waals surface area contributed by atoms with Gasteiger partial charge in [-0.3, -0.25) is 0 Å². The van der Waals surface area contributed by atoms with Crippen LogP contribution < -0.4 is 0 Å². The van der Waals surface area contributed by atoms with Gasteiger partial charge >= 0.3 is 0 Å². The van der Waals surface area contributed by atoms with Crippen LogP contribution in [0.15, 0.2) is 72.1 Å². The van der Waals surface area contributed by atoms with Crippen molar-refractivity contribution in [3.05, 3.63) is 72.8 Å². The van der Waals surface area contributed by atoms with Crippen LogP contribution in [0, 0.1) is 0 Å². The van der Waals surface area contributed by atoms with Crippen LogP contribution in [0.2, 0.25) is 0 Å². The molecule has 0 saturated carbocycles. The van der Waals surface area contributed by atoms with Crippen molar-refractivity contribution in [3.63, 3.8) is 0 Å². The van der Waals surface area contributed by atoms with E-state index in [1.54, 1.807) is 15.7 Å². The molecule has 0 bridgehead atoms. The summed E-state index contributed by atoms with van der Waals surface area (Å²) in [4.78, 5) is 4.38. The average Bonchev–Trinajstić information content (AvgIpc) is 3.33. The molecule has 2 heterocycles. The zero-order valence-electron chi connectivity index (χ0n) is 13.5. The highest BCUT2D eigenvalue weighted by Gasteiger charge is 2.19. The lowest BCUT2D eigenvalue weighted by molar-refractivity contribution is 0.761. The molecule has 2 aromatic carbocycles. The number of thioether (sulfide) groups is 1. The van der Waals surface area contributed by atoms with Crippen LogP contribution in [0.1, 0.15) is 18.0 Å². The molecule has 0 radical (unpaired) electrons. The Morgan fingerprint density at radius 1 is 0.920 bits per heavy atom. The maximum absolute atomic E-state index is 4.52. The average molecular weight is 349 g/mol.